The number of aromatic nitrogens is 3. The van der Waals surface area contributed by atoms with Crippen LogP contribution in [-0.4, -0.2) is 27.4 Å². The molecule has 8 nitrogen and oxygen atoms in total. The third-order valence-electron chi connectivity index (χ3n) is 3.06. The number of rotatable bonds is 5. The van der Waals surface area contributed by atoms with E-state index in [0.717, 1.165) is 5.56 Å². The lowest BCUT2D eigenvalue weighted by molar-refractivity contribution is 0.0740. The number of aryl methyl sites for hydroxylation is 1. The van der Waals surface area contributed by atoms with Gasteiger partial charge in [0.05, 0.1) is 6.21 Å². The molecule has 0 bridgehead atoms. The highest BCUT2D eigenvalue weighted by molar-refractivity contribution is 7.12. The number of aromatic amines is 1. The minimum atomic E-state index is -0.389. The maximum Gasteiger partial charge on any atom is 0.353 e. The standard InChI is InChI=1S/C16H13N5O3S/c1-10-14(22)18-16(21-19-10)20-17-9-11-4-6-12(7-5-11)24-15(23)13-3-2-8-25-13/h2-9H,1H3,(H2,18,20,21,22)/b17-9+. The van der Waals surface area contributed by atoms with Crippen LogP contribution in [0.25, 0.3) is 0 Å². The Kier molecular flexibility index (Phi) is 4.95. The first-order valence-corrected chi connectivity index (χ1v) is 8.08. The van der Waals surface area contributed by atoms with Crippen molar-refractivity contribution in [3.63, 3.8) is 0 Å². The summed E-state index contributed by atoms with van der Waals surface area (Å²) < 4.78 is 5.27. The van der Waals surface area contributed by atoms with Gasteiger partial charge >= 0.3 is 5.97 Å². The Balaban J connectivity index is 1.59. The number of anilines is 1. The maximum atomic E-state index is 11.9. The first kappa shape index (κ1) is 16.5. The van der Waals surface area contributed by atoms with Crippen LogP contribution in [0.5, 0.6) is 5.75 Å². The van der Waals surface area contributed by atoms with Gasteiger partial charge in [-0.05, 0) is 48.2 Å². The second kappa shape index (κ2) is 7.49. The van der Waals surface area contributed by atoms with Gasteiger partial charge in [-0.1, -0.05) is 6.07 Å². The van der Waals surface area contributed by atoms with Crippen molar-refractivity contribution in [3.05, 3.63) is 68.3 Å². The number of carbonyl (C=O) groups is 1. The van der Waals surface area contributed by atoms with E-state index in [0.29, 0.717) is 10.6 Å². The summed E-state index contributed by atoms with van der Waals surface area (Å²) >= 11 is 1.32. The van der Waals surface area contributed by atoms with E-state index in [1.54, 1.807) is 43.3 Å². The van der Waals surface area contributed by atoms with Crippen LogP contribution in [-0.2, 0) is 0 Å². The number of nitrogens with zero attached hydrogens (tertiary/aromatic N) is 3. The predicted octanol–water partition coefficient (Wildman–Crippen LogP) is 2.20. The summed E-state index contributed by atoms with van der Waals surface area (Å²) in [6.07, 6.45) is 1.53. The lowest BCUT2D eigenvalue weighted by Gasteiger charge is -2.03. The fourth-order valence-corrected chi connectivity index (χ4v) is 2.38. The normalized spacial score (nSPS) is 10.8. The highest BCUT2D eigenvalue weighted by Gasteiger charge is 2.08. The summed E-state index contributed by atoms with van der Waals surface area (Å²) in [4.78, 5) is 26.3. The molecule has 9 heteroatoms. The molecule has 0 saturated heterocycles. The van der Waals surface area contributed by atoms with Crippen molar-refractivity contribution in [3.8, 4) is 5.75 Å². The molecule has 0 aliphatic carbocycles. The first-order valence-electron chi connectivity index (χ1n) is 7.20. The van der Waals surface area contributed by atoms with Crippen LogP contribution in [0.2, 0.25) is 0 Å². The van der Waals surface area contributed by atoms with E-state index in [1.165, 1.54) is 17.6 Å². The predicted molar refractivity (Wildman–Crippen MR) is 94.3 cm³/mol. The molecule has 0 saturated carbocycles. The molecule has 25 heavy (non-hydrogen) atoms. The number of carbonyl (C=O) groups excluding carboxylic acids is 1. The minimum absolute atomic E-state index is 0.147. The zero-order valence-corrected chi connectivity index (χ0v) is 13.9. The van der Waals surface area contributed by atoms with Crippen LogP contribution in [0, 0.1) is 6.92 Å². The number of H-pyrrole nitrogens is 1. The second-order valence-corrected chi connectivity index (χ2v) is 5.84. The Morgan fingerprint density at radius 2 is 2.08 bits per heavy atom. The lowest BCUT2D eigenvalue weighted by Crippen LogP contribution is -2.15. The molecule has 0 unspecified atom stereocenters. The average molecular weight is 355 g/mol. The molecule has 1 aromatic carbocycles. The number of ether oxygens (including phenoxy) is 1. The second-order valence-electron chi connectivity index (χ2n) is 4.89. The number of hydrazone groups is 1. The van der Waals surface area contributed by atoms with Crippen molar-refractivity contribution in [1.29, 1.82) is 0 Å². The number of nitrogens with one attached hydrogen (secondary N) is 2. The number of hydrogen-bond donors (Lipinski definition) is 2. The highest BCUT2D eigenvalue weighted by atomic mass is 32.1. The van der Waals surface area contributed by atoms with E-state index in [1.807, 2.05) is 5.38 Å². The van der Waals surface area contributed by atoms with Crippen LogP contribution < -0.4 is 15.7 Å². The highest BCUT2D eigenvalue weighted by Crippen LogP contribution is 2.16. The summed E-state index contributed by atoms with van der Waals surface area (Å²) in [6, 6.07) is 10.3. The molecule has 3 rings (SSSR count). The summed E-state index contributed by atoms with van der Waals surface area (Å²) in [5, 5.41) is 13.2. The Morgan fingerprint density at radius 1 is 1.28 bits per heavy atom. The number of thiophene rings is 1. The molecule has 0 amide bonds. The summed E-state index contributed by atoms with van der Waals surface area (Å²) in [6.45, 7) is 1.56. The maximum absolute atomic E-state index is 11.9. The van der Waals surface area contributed by atoms with Gasteiger partial charge < -0.3 is 4.74 Å². The van der Waals surface area contributed by atoms with Gasteiger partial charge in [0.1, 0.15) is 16.3 Å². The molecule has 2 N–H and O–H groups in total. The van der Waals surface area contributed by atoms with Crippen molar-refractivity contribution >= 4 is 29.5 Å². The van der Waals surface area contributed by atoms with Crippen molar-refractivity contribution < 1.29 is 9.53 Å². The van der Waals surface area contributed by atoms with Crippen LogP contribution in [0.3, 0.4) is 0 Å². The fraction of sp³-hybridized carbons (Fsp3) is 0.0625. The summed E-state index contributed by atoms with van der Waals surface area (Å²) in [5.41, 5.74) is 3.30. The van der Waals surface area contributed by atoms with E-state index in [2.05, 4.69) is 25.7 Å². The fourth-order valence-electron chi connectivity index (χ4n) is 1.79. The molecular weight excluding hydrogens is 342 g/mol. The molecule has 0 radical (unpaired) electrons. The zero-order chi connectivity index (χ0) is 17.6. The monoisotopic (exact) mass is 355 g/mol. The molecule has 126 valence electrons. The first-order chi connectivity index (χ1) is 12.1. The van der Waals surface area contributed by atoms with Gasteiger partial charge in [-0.25, -0.2) is 10.2 Å². The third kappa shape index (κ3) is 4.36. The van der Waals surface area contributed by atoms with Gasteiger partial charge in [0.2, 0.25) is 5.95 Å². The molecule has 2 heterocycles. The molecule has 2 aromatic heterocycles. The van der Waals surface area contributed by atoms with E-state index in [9.17, 15) is 9.59 Å². The molecule has 0 atom stereocenters. The SMILES string of the molecule is Cc1nnc(N/N=C/c2ccc(OC(=O)c3cccs3)cc2)[nH]c1=O. The number of benzene rings is 1. The summed E-state index contributed by atoms with van der Waals surface area (Å²) in [5.74, 6) is 0.200. The zero-order valence-electron chi connectivity index (χ0n) is 13.1. The van der Waals surface area contributed by atoms with E-state index in [-0.39, 0.29) is 23.2 Å². The van der Waals surface area contributed by atoms with Crippen molar-refractivity contribution in [1.82, 2.24) is 15.2 Å². The Bertz CT molecular complexity index is 949. The van der Waals surface area contributed by atoms with Crippen molar-refractivity contribution in [2.75, 3.05) is 5.43 Å². The molecule has 0 spiro atoms. The van der Waals surface area contributed by atoms with E-state index < -0.39 is 0 Å². The number of esters is 1. The minimum Gasteiger partial charge on any atom is -0.422 e. The third-order valence-corrected chi connectivity index (χ3v) is 3.91. The molecular formula is C16H13N5O3S. The Morgan fingerprint density at radius 3 is 2.76 bits per heavy atom. The Hall–Kier alpha value is -3.33. The van der Waals surface area contributed by atoms with Gasteiger partial charge in [0, 0.05) is 0 Å². The van der Waals surface area contributed by atoms with Crippen LogP contribution in [0.4, 0.5) is 5.95 Å². The van der Waals surface area contributed by atoms with E-state index >= 15 is 0 Å². The molecule has 0 fully saturated rings. The van der Waals surface area contributed by atoms with E-state index in [4.69, 9.17) is 4.74 Å². The van der Waals surface area contributed by atoms with Gasteiger partial charge in [0.15, 0.2) is 0 Å². The topological polar surface area (TPSA) is 109 Å². The van der Waals surface area contributed by atoms with Gasteiger partial charge in [0.25, 0.3) is 5.56 Å². The molecule has 0 aliphatic rings. The average Bonchev–Trinajstić information content (AvgIpc) is 3.14. The van der Waals surface area contributed by atoms with Gasteiger partial charge in [-0.3, -0.25) is 9.78 Å². The van der Waals surface area contributed by atoms with Crippen molar-refractivity contribution in [2.45, 2.75) is 6.92 Å². The van der Waals surface area contributed by atoms with Crippen molar-refractivity contribution in [2.24, 2.45) is 5.10 Å². The lowest BCUT2D eigenvalue weighted by atomic mass is 10.2. The van der Waals surface area contributed by atoms with Crippen LogP contribution in [0.1, 0.15) is 20.9 Å². The smallest absolute Gasteiger partial charge is 0.353 e. The Labute approximate surface area is 146 Å². The number of hydrogen-bond acceptors (Lipinski definition) is 8. The van der Waals surface area contributed by atoms with Gasteiger partial charge in [-0.15, -0.1) is 21.5 Å². The van der Waals surface area contributed by atoms with Crippen LogP contribution in [0.15, 0.2) is 51.7 Å². The largest absolute Gasteiger partial charge is 0.422 e. The molecule has 0 aliphatic heterocycles. The van der Waals surface area contributed by atoms with Crippen LogP contribution >= 0.6 is 11.3 Å². The molecule has 3 aromatic rings. The quantitative estimate of drug-likeness (QED) is 0.314. The summed E-state index contributed by atoms with van der Waals surface area (Å²) in [7, 11) is 0. The van der Waals surface area contributed by atoms with Gasteiger partial charge in [-0.2, -0.15) is 5.10 Å².